The summed E-state index contributed by atoms with van der Waals surface area (Å²) in [5.41, 5.74) is 2.99. The van der Waals surface area contributed by atoms with Gasteiger partial charge >= 0.3 is 5.63 Å². The molecule has 4 aromatic rings. The molecule has 4 heterocycles. The lowest BCUT2D eigenvalue weighted by atomic mass is 9.83. The molecule has 0 radical (unpaired) electrons. The third kappa shape index (κ3) is 2.19. The minimum Gasteiger partial charge on any atom is -0.493 e. The number of para-hydroxylation sites is 1. The van der Waals surface area contributed by atoms with Crippen molar-refractivity contribution in [1.29, 1.82) is 0 Å². The molecular weight excluding hydrogens is 374 g/mol. The van der Waals surface area contributed by atoms with Crippen molar-refractivity contribution < 1.29 is 18.6 Å². The van der Waals surface area contributed by atoms with Gasteiger partial charge in [0.05, 0.1) is 24.6 Å². The Labute approximate surface area is 164 Å². The molecule has 8 heteroatoms. The number of nitrogens with zero attached hydrogens (tertiary/aromatic N) is 1. The zero-order chi connectivity index (χ0) is 19.5. The first-order valence-electron chi connectivity index (χ1n) is 9.08. The normalized spacial score (nSPS) is 16.2. The maximum atomic E-state index is 13.1. The van der Waals surface area contributed by atoms with Crippen LogP contribution in [0.25, 0.3) is 11.0 Å². The van der Waals surface area contributed by atoms with Crippen molar-refractivity contribution in [2.75, 3.05) is 19.2 Å². The molecule has 1 atom stereocenters. The van der Waals surface area contributed by atoms with Crippen molar-refractivity contribution in [2.45, 2.75) is 5.92 Å². The first kappa shape index (κ1) is 16.1. The molecule has 2 aromatic carbocycles. The van der Waals surface area contributed by atoms with Gasteiger partial charge in [-0.2, -0.15) is 5.10 Å². The molecule has 2 aliphatic heterocycles. The number of ether oxygens (including phenoxy) is 3. The average Bonchev–Trinajstić information content (AvgIpc) is 3.40. The maximum absolute atomic E-state index is 13.1. The third-order valence-electron chi connectivity index (χ3n) is 5.38. The number of hydrogen-bond donors (Lipinski definition) is 2. The van der Waals surface area contributed by atoms with Crippen LogP contribution in [-0.2, 0) is 0 Å². The van der Waals surface area contributed by atoms with Crippen LogP contribution in [-0.4, -0.2) is 24.1 Å². The minimum atomic E-state index is -0.413. The van der Waals surface area contributed by atoms with E-state index in [0.717, 1.165) is 22.3 Å². The Kier molecular flexibility index (Phi) is 3.20. The van der Waals surface area contributed by atoms with Gasteiger partial charge in [0, 0.05) is 16.9 Å². The summed E-state index contributed by atoms with van der Waals surface area (Å²) in [6.07, 6.45) is 1.71. The van der Waals surface area contributed by atoms with E-state index in [9.17, 15) is 4.79 Å². The summed E-state index contributed by atoms with van der Waals surface area (Å²) in [6.45, 7) is 0.127. The number of H-pyrrole nitrogens is 1. The molecule has 0 saturated carbocycles. The summed E-state index contributed by atoms with van der Waals surface area (Å²) >= 11 is 0. The van der Waals surface area contributed by atoms with Gasteiger partial charge in [-0.05, 0) is 29.8 Å². The number of benzene rings is 2. The van der Waals surface area contributed by atoms with Crippen LogP contribution in [0.5, 0.6) is 17.2 Å². The van der Waals surface area contributed by atoms with Crippen LogP contribution in [0.15, 0.2) is 51.8 Å². The van der Waals surface area contributed by atoms with E-state index in [2.05, 4.69) is 15.5 Å². The van der Waals surface area contributed by atoms with Crippen LogP contribution in [0.4, 0.5) is 11.5 Å². The van der Waals surface area contributed by atoms with Crippen molar-refractivity contribution in [3.8, 4) is 17.2 Å². The number of anilines is 2. The van der Waals surface area contributed by atoms with E-state index in [1.54, 1.807) is 19.4 Å². The van der Waals surface area contributed by atoms with E-state index in [1.807, 2.05) is 30.3 Å². The smallest absolute Gasteiger partial charge is 0.342 e. The van der Waals surface area contributed by atoms with Crippen LogP contribution in [0.1, 0.15) is 22.6 Å². The Hall–Kier alpha value is -3.94. The van der Waals surface area contributed by atoms with Crippen molar-refractivity contribution >= 4 is 22.5 Å². The predicted molar refractivity (Wildman–Crippen MR) is 104 cm³/mol. The second-order valence-electron chi connectivity index (χ2n) is 6.89. The summed E-state index contributed by atoms with van der Waals surface area (Å²) in [6, 6.07) is 11.2. The Morgan fingerprint density at radius 3 is 3.00 bits per heavy atom. The van der Waals surface area contributed by atoms with Gasteiger partial charge in [-0.15, -0.1) is 0 Å². The van der Waals surface area contributed by atoms with Crippen molar-refractivity contribution in [1.82, 2.24) is 10.2 Å². The molecule has 0 bridgehead atoms. The molecule has 144 valence electrons. The maximum Gasteiger partial charge on any atom is 0.342 e. The molecule has 8 nitrogen and oxygen atoms in total. The second-order valence-corrected chi connectivity index (χ2v) is 6.89. The Balaban J connectivity index is 1.67. The van der Waals surface area contributed by atoms with Gasteiger partial charge in [-0.25, -0.2) is 4.79 Å². The van der Waals surface area contributed by atoms with Crippen LogP contribution in [0, 0.1) is 0 Å². The summed E-state index contributed by atoms with van der Waals surface area (Å²) in [5.74, 6) is 2.00. The fourth-order valence-corrected chi connectivity index (χ4v) is 4.12. The fraction of sp³-hybridized carbons (Fsp3) is 0.143. The van der Waals surface area contributed by atoms with E-state index in [-0.39, 0.29) is 6.79 Å². The highest BCUT2D eigenvalue weighted by molar-refractivity contribution is 5.95. The third-order valence-corrected chi connectivity index (χ3v) is 5.38. The monoisotopic (exact) mass is 389 g/mol. The van der Waals surface area contributed by atoms with Gasteiger partial charge in [0.15, 0.2) is 11.5 Å². The molecule has 2 aliphatic rings. The average molecular weight is 389 g/mol. The van der Waals surface area contributed by atoms with Crippen LogP contribution in [0.3, 0.4) is 0 Å². The Bertz CT molecular complexity index is 1340. The van der Waals surface area contributed by atoms with Crippen molar-refractivity contribution in [3.05, 3.63) is 69.7 Å². The molecule has 0 spiro atoms. The van der Waals surface area contributed by atoms with Gasteiger partial charge in [-0.3, -0.25) is 5.10 Å². The summed E-state index contributed by atoms with van der Waals surface area (Å²) in [5, 5.41) is 11.3. The number of rotatable bonds is 2. The van der Waals surface area contributed by atoms with E-state index in [1.165, 1.54) is 0 Å². The van der Waals surface area contributed by atoms with E-state index < -0.39 is 11.5 Å². The van der Waals surface area contributed by atoms with Gasteiger partial charge in [-0.1, -0.05) is 12.1 Å². The topological polar surface area (TPSA) is 98.6 Å². The highest BCUT2D eigenvalue weighted by Crippen LogP contribution is 2.49. The standard InChI is InChI=1S/C21H15N3O5/c1-26-14-6-10(7-15-19(14)28-9-27-15)16-12-8-22-24-20(12)23-18-11-4-2-3-5-13(11)29-21(25)17(16)18/h2-8,16H,9H2,1H3,(H2,22,23,24)/t16-/m0/s1. The zero-order valence-electron chi connectivity index (χ0n) is 15.3. The molecule has 2 aromatic heterocycles. The molecule has 0 unspecified atom stereocenters. The van der Waals surface area contributed by atoms with Crippen LogP contribution >= 0.6 is 0 Å². The SMILES string of the molecule is COc1cc([C@H]2c3cn[nH]c3Nc3c2c(=O)oc2ccccc32)cc2c1OCO2. The van der Waals surface area contributed by atoms with Gasteiger partial charge < -0.3 is 23.9 Å². The fourth-order valence-electron chi connectivity index (χ4n) is 4.12. The largest absolute Gasteiger partial charge is 0.493 e. The molecule has 0 fully saturated rings. The quantitative estimate of drug-likeness (QED) is 0.446. The second kappa shape index (κ2) is 5.78. The molecule has 0 saturated heterocycles. The summed E-state index contributed by atoms with van der Waals surface area (Å²) in [4.78, 5) is 13.1. The predicted octanol–water partition coefficient (Wildman–Crippen LogP) is 3.49. The number of methoxy groups -OCH3 is 1. The molecule has 0 amide bonds. The van der Waals surface area contributed by atoms with E-state index in [0.29, 0.717) is 34.1 Å². The van der Waals surface area contributed by atoms with E-state index >= 15 is 0 Å². The summed E-state index contributed by atoms with van der Waals surface area (Å²) in [7, 11) is 1.57. The highest BCUT2D eigenvalue weighted by Gasteiger charge is 2.35. The number of nitrogens with one attached hydrogen (secondary N) is 2. The van der Waals surface area contributed by atoms with Crippen molar-refractivity contribution in [2.24, 2.45) is 0 Å². The highest BCUT2D eigenvalue weighted by atomic mass is 16.7. The van der Waals surface area contributed by atoms with Gasteiger partial charge in [0.25, 0.3) is 0 Å². The summed E-state index contributed by atoms with van der Waals surface area (Å²) < 4.78 is 22.2. The Morgan fingerprint density at radius 2 is 2.10 bits per heavy atom. The lowest BCUT2D eigenvalue weighted by Gasteiger charge is -2.26. The number of fused-ring (bicyclic) bond motifs is 5. The first-order chi connectivity index (χ1) is 14.2. The zero-order valence-corrected chi connectivity index (χ0v) is 15.3. The number of hydrogen-bond acceptors (Lipinski definition) is 7. The molecular formula is C21H15N3O5. The lowest BCUT2D eigenvalue weighted by molar-refractivity contribution is 0.171. The van der Waals surface area contributed by atoms with E-state index in [4.69, 9.17) is 18.6 Å². The molecule has 6 rings (SSSR count). The van der Waals surface area contributed by atoms with Gasteiger partial charge in [0.1, 0.15) is 11.4 Å². The van der Waals surface area contributed by atoms with Crippen LogP contribution < -0.4 is 25.2 Å². The first-order valence-corrected chi connectivity index (χ1v) is 9.08. The molecule has 29 heavy (non-hydrogen) atoms. The lowest BCUT2D eigenvalue weighted by Crippen LogP contribution is -2.22. The molecule has 0 aliphatic carbocycles. The van der Waals surface area contributed by atoms with Gasteiger partial charge in [0.2, 0.25) is 12.5 Å². The Morgan fingerprint density at radius 1 is 1.21 bits per heavy atom. The van der Waals surface area contributed by atoms with Crippen LogP contribution in [0.2, 0.25) is 0 Å². The van der Waals surface area contributed by atoms with Crippen molar-refractivity contribution in [3.63, 3.8) is 0 Å². The molecule has 2 N–H and O–H groups in total. The number of aromatic amines is 1. The minimum absolute atomic E-state index is 0.127. The number of aromatic nitrogens is 2.